The van der Waals surface area contributed by atoms with Gasteiger partial charge in [0.05, 0.1) is 11.6 Å². The molecule has 0 radical (unpaired) electrons. The number of rotatable bonds is 5. The van der Waals surface area contributed by atoms with Crippen LogP contribution in [0.2, 0.25) is 0 Å². The summed E-state index contributed by atoms with van der Waals surface area (Å²) in [5, 5.41) is 7.25. The van der Waals surface area contributed by atoms with Crippen molar-refractivity contribution in [1.29, 1.82) is 5.41 Å². The molecular weight excluding hydrogens is 339 g/mol. The summed E-state index contributed by atoms with van der Waals surface area (Å²) in [5.74, 6) is 0.109. The molecule has 3 N–H and O–H groups in total. The first-order valence-corrected chi connectivity index (χ1v) is 6.89. The monoisotopic (exact) mass is 352 g/mol. The molecule has 0 spiro atoms. The lowest BCUT2D eigenvalue weighted by molar-refractivity contribution is 0.290. The molecule has 6 heteroatoms. The molecule has 4 nitrogen and oxygen atoms in total. The second-order valence-electron chi connectivity index (χ2n) is 4.32. The first-order chi connectivity index (χ1) is 10.0. The van der Waals surface area contributed by atoms with Crippen LogP contribution in [0, 0.1) is 11.2 Å². The minimum Gasteiger partial charge on any atom is -0.496 e. The molecule has 21 heavy (non-hydrogen) atoms. The second kappa shape index (κ2) is 6.58. The van der Waals surface area contributed by atoms with E-state index in [1.165, 1.54) is 12.1 Å². The van der Waals surface area contributed by atoms with Gasteiger partial charge in [0.2, 0.25) is 0 Å². The minimum atomic E-state index is -0.546. The minimum absolute atomic E-state index is 0.118. The number of nitrogens with one attached hydrogen (secondary N) is 1. The topological polar surface area (TPSA) is 68.3 Å². The molecule has 0 unspecified atom stereocenters. The summed E-state index contributed by atoms with van der Waals surface area (Å²) in [5.41, 5.74) is 6.50. The van der Waals surface area contributed by atoms with E-state index in [4.69, 9.17) is 20.6 Å². The number of nitrogen functional groups attached to an aromatic ring is 1. The van der Waals surface area contributed by atoms with Gasteiger partial charge in [-0.3, -0.25) is 5.41 Å². The van der Waals surface area contributed by atoms with E-state index in [-0.39, 0.29) is 18.2 Å². The van der Waals surface area contributed by atoms with E-state index in [2.05, 4.69) is 15.9 Å². The predicted octanol–water partition coefficient (Wildman–Crippen LogP) is 3.46. The van der Waals surface area contributed by atoms with Gasteiger partial charge in [-0.15, -0.1) is 0 Å². The van der Waals surface area contributed by atoms with Gasteiger partial charge in [0.25, 0.3) is 0 Å². The summed E-state index contributed by atoms with van der Waals surface area (Å²) in [4.78, 5) is 0. The van der Waals surface area contributed by atoms with Gasteiger partial charge in [-0.05, 0) is 51.8 Å². The molecule has 0 amide bonds. The van der Waals surface area contributed by atoms with Crippen LogP contribution in [0.5, 0.6) is 11.5 Å². The van der Waals surface area contributed by atoms with E-state index in [1.807, 2.05) is 12.1 Å². The Morgan fingerprint density at radius 1 is 1.24 bits per heavy atom. The molecule has 0 aliphatic carbocycles. The van der Waals surface area contributed by atoms with Gasteiger partial charge in [0, 0.05) is 5.56 Å². The Labute approximate surface area is 130 Å². The van der Waals surface area contributed by atoms with Crippen molar-refractivity contribution in [2.45, 2.75) is 6.61 Å². The van der Waals surface area contributed by atoms with Gasteiger partial charge in [-0.2, -0.15) is 0 Å². The summed E-state index contributed by atoms with van der Waals surface area (Å²) in [6.07, 6.45) is 0. The van der Waals surface area contributed by atoms with Gasteiger partial charge in [0.15, 0.2) is 11.6 Å². The summed E-state index contributed by atoms with van der Waals surface area (Å²) < 4.78 is 25.2. The van der Waals surface area contributed by atoms with Crippen molar-refractivity contribution in [3.05, 3.63) is 57.8 Å². The molecule has 0 bridgehead atoms. The maximum Gasteiger partial charge on any atom is 0.165 e. The van der Waals surface area contributed by atoms with Crippen molar-refractivity contribution in [1.82, 2.24) is 0 Å². The van der Waals surface area contributed by atoms with Crippen LogP contribution in [0.4, 0.5) is 4.39 Å². The predicted molar refractivity (Wildman–Crippen MR) is 82.4 cm³/mol. The Bertz CT molecular complexity index is 677. The molecule has 0 aliphatic rings. The van der Waals surface area contributed by atoms with Gasteiger partial charge in [-0.25, -0.2) is 4.39 Å². The SMILES string of the molecule is COc1ccc(COc2ccc(C(=N)N)cc2F)cc1Br. The highest BCUT2D eigenvalue weighted by molar-refractivity contribution is 9.10. The van der Waals surface area contributed by atoms with Crippen molar-refractivity contribution in [2.24, 2.45) is 5.73 Å². The van der Waals surface area contributed by atoms with Gasteiger partial charge in [0.1, 0.15) is 18.2 Å². The summed E-state index contributed by atoms with van der Waals surface area (Å²) in [7, 11) is 1.59. The van der Waals surface area contributed by atoms with Crippen LogP contribution in [0.15, 0.2) is 40.9 Å². The van der Waals surface area contributed by atoms with E-state index in [1.54, 1.807) is 19.2 Å². The highest BCUT2D eigenvalue weighted by Crippen LogP contribution is 2.26. The van der Waals surface area contributed by atoms with Crippen molar-refractivity contribution >= 4 is 21.8 Å². The third kappa shape index (κ3) is 3.72. The molecule has 0 atom stereocenters. The molecule has 0 heterocycles. The average molecular weight is 353 g/mol. The van der Waals surface area contributed by atoms with E-state index in [0.717, 1.165) is 15.8 Å². The van der Waals surface area contributed by atoms with E-state index >= 15 is 0 Å². The van der Waals surface area contributed by atoms with Crippen LogP contribution in [0.25, 0.3) is 0 Å². The van der Waals surface area contributed by atoms with Gasteiger partial charge >= 0.3 is 0 Å². The molecule has 0 saturated carbocycles. The molecule has 0 saturated heterocycles. The number of methoxy groups -OCH3 is 1. The van der Waals surface area contributed by atoms with Gasteiger partial charge < -0.3 is 15.2 Å². The van der Waals surface area contributed by atoms with Gasteiger partial charge in [-0.1, -0.05) is 6.07 Å². The first-order valence-electron chi connectivity index (χ1n) is 6.10. The number of ether oxygens (including phenoxy) is 2. The lowest BCUT2D eigenvalue weighted by atomic mass is 10.2. The van der Waals surface area contributed by atoms with E-state index < -0.39 is 5.82 Å². The zero-order valence-electron chi connectivity index (χ0n) is 11.3. The normalized spacial score (nSPS) is 10.2. The number of amidine groups is 1. The highest BCUT2D eigenvalue weighted by Gasteiger charge is 2.08. The fraction of sp³-hybridized carbons (Fsp3) is 0.133. The Hall–Kier alpha value is -2.08. The summed E-state index contributed by atoms with van der Waals surface area (Å²) >= 11 is 3.38. The molecule has 2 rings (SSSR count). The highest BCUT2D eigenvalue weighted by atomic mass is 79.9. The number of benzene rings is 2. The quantitative estimate of drug-likeness (QED) is 0.639. The lowest BCUT2D eigenvalue weighted by Crippen LogP contribution is -2.11. The molecule has 0 aromatic heterocycles. The van der Waals surface area contributed by atoms with Crippen LogP contribution < -0.4 is 15.2 Å². The van der Waals surface area contributed by atoms with Crippen LogP contribution in [-0.2, 0) is 6.61 Å². The Morgan fingerprint density at radius 3 is 2.52 bits per heavy atom. The Kier molecular flexibility index (Phi) is 4.80. The smallest absolute Gasteiger partial charge is 0.165 e. The van der Waals surface area contributed by atoms with Crippen LogP contribution in [-0.4, -0.2) is 12.9 Å². The van der Waals surface area contributed by atoms with Crippen molar-refractivity contribution in [3.63, 3.8) is 0 Å². The maximum absolute atomic E-state index is 13.8. The molecule has 0 aliphatic heterocycles. The van der Waals surface area contributed by atoms with Crippen LogP contribution in [0.1, 0.15) is 11.1 Å². The largest absolute Gasteiger partial charge is 0.496 e. The lowest BCUT2D eigenvalue weighted by Gasteiger charge is -2.10. The fourth-order valence-corrected chi connectivity index (χ4v) is 2.33. The number of hydrogen-bond acceptors (Lipinski definition) is 3. The second-order valence-corrected chi connectivity index (χ2v) is 5.17. The Morgan fingerprint density at radius 2 is 1.95 bits per heavy atom. The summed E-state index contributed by atoms with van der Waals surface area (Å²) in [6, 6.07) is 9.68. The molecule has 110 valence electrons. The van der Waals surface area contributed by atoms with E-state index in [9.17, 15) is 4.39 Å². The average Bonchev–Trinajstić information content (AvgIpc) is 2.46. The number of hydrogen-bond donors (Lipinski definition) is 2. The molecule has 0 fully saturated rings. The van der Waals surface area contributed by atoms with Crippen molar-refractivity contribution < 1.29 is 13.9 Å². The Balaban J connectivity index is 2.09. The zero-order valence-corrected chi connectivity index (χ0v) is 12.9. The first kappa shape index (κ1) is 15.3. The van der Waals surface area contributed by atoms with E-state index in [0.29, 0.717) is 5.56 Å². The number of nitrogens with two attached hydrogens (primary N) is 1. The molecule has 2 aromatic carbocycles. The zero-order chi connectivity index (χ0) is 15.4. The summed E-state index contributed by atoms with van der Waals surface area (Å²) in [6.45, 7) is 0.221. The third-order valence-electron chi connectivity index (χ3n) is 2.85. The molecular formula is C15H14BrFN2O2. The fourth-order valence-electron chi connectivity index (χ4n) is 1.75. The molecule has 2 aromatic rings. The number of halogens is 2. The maximum atomic E-state index is 13.8. The van der Waals surface area contributed by atoms with Crippen molar-refractivity contribution in [2.75, 3.05) is 7.11 Å². The van der Waals surface area contributed by atoms with Crippen molar-refractivity contribution in [3.8, 4) is 11.5 Å². The van der Waals surface area contributed by atoms with Crippen LogP contribution >= 0.6 is 15.9 Å². The third-order valence-corrected chi connectivity index (χ3v) is 3.47. The van der Waals surface area contributed by atoms with Crippen LogP contribution in [0.3, 0.4) is 0 Å². The standard InChI is InChI=1S/C15H14BrFN2O2/c1-20-13-4-2-9(6-11(13)16)8-21-14-5-3-10(15(18)19)7-12(14)17/h2-7H,8H2,1H3,(H3,18,19).